The Morgan fingerprint density at radius 1 is 0.968 bits per heavy atom. The largest absolute Gasteiger partial charge is 0.493 e. The van der Waals surface area contributed by atoms with Gasteiger partial charge in [-0.1, -0.05) is 18.2 Å². The van der Waals surface area contributed by atoms with Gasteiger partial charge in [0.1, 0.15) is 0 Å². The van der Waals surface area contributed by atoms with Gasteiger partial charge in [-0.05, 0) is 62.8 Å². The molecule has 2 aliphatic rings. The summed E-state index contributed by atoms with van der Waals surface area (Å²) in [5, 5.41) is 3.02. The van der Waals surface area contributed by atoms with Crippen molar-refractivity contribution in [1.29, 1.82) is 0 Å². The average Bonchev–Trinajstić information content (AvgIpc) is 3.32. The van der Waals surface area contributed by atoms with Crippen molar-refractivity contribution in [1.82, 2.24) is 4.90 Å². The number of piperidine rings is 1. The van der Waals surface area contributed by atoms with Gasteiger partial charge in [0, 0.05) is 30.4 Å². The second-order valence-electron chi connectivity index (χ2n) is 8.34. The third-order valence-corrected chi connectivity index (χ3v) is 6.13. The predicted molar refractivity (Wildman–Crippen MR) is 120 cm³/mol. The Morgan fingerprint density at radius 3 is 2.48 bits per heavy atom. The highest BCUT2D eigenvalue weighted by atomic mass is 16.5. The highest BCUT2D eigenvalue weighted by molar-refractivity contribution is 5.96. The van der Waals surface area contributed by atoms with Gasteiger partial charge < -0.3 is 19.7 Å². The van der Waals surface area contributed by atoms with Gasteiger partial charge in [0.15, 0.2) is 11.5 Å². The molecule has 6 nitrogen and oxygen atoms in total. The number of ether oxygens (including phenoxy) is 2. The second kappa shape index (κ2) is 9.86. The van der Waals surface area contributed by atoms with Crippen molar-refractivity contribution in [3.8, 4) is 11.5 Å². The highest BCUT2D eigenvalue weighted by Gasteiger charge is 2.29. The van der Waals surface area contributed by atoms with Gasteiger partial charge in [-0.25, -0.2) is 0 Å². The summed E-state index contributed by atoms with van der Waals surface area (Å²) in [5.41, 5.74) is 1.35. The fourth-order valence-electron chi connectivity index (χ4n) is 4.42. The first-order valence-corrected chi connectivity index (χ1v) is 11.1. The van der Waals surface area contributed by atoms with Crippen LogP contribution in [-0.2, 0) is 4.79 Å². The molecule has 1 unspecified atom stereocenters. The Morgan fingerprint density at radius 2 is 1.74 bits per heavy atom. The molecule has 1 heterocycles. The lowest BCUT2D eigenvalue weighted by Crippen LogP contribution is -2.43. The van der Waals surface area contributed by atoms with E-state index in [2.05, 4.69) is 5.32 Å². The molecule has 1 N–H and O–H groups in total. The molecule has 0 aromatic heterocycles. The number of benzene rings is 2. The summed E-state index contributed by atoms with van der Waals surface area (Å²) >= 11 is 0. The number of anilines is 1. The molecule has 2 amide bonds. The zero-order valence-corrected chi connectivity index (χ0v) is 18.0. The Bertz CT molecular complexity index is 909. The Labute approximate surface area is 183 Å². The summed E-state index contributed by atoms with van der Waals surface area (Å²) in [6.45, 7) is 1.11. The van der Waals surface area contributed by atoms with Gasteiger partial charge in [-0.3, -0.25) is 9.59 Å². The first-order chi connectivity index (χ1) is 15.1. The number of nitrogens with one attached hydrogen (secondary N) is 1. The van der Waals surface area contributed by atoms with Crippen LogP contribution in [0, 0.1) is 5.92 Å². The van der Waals surface area contributed by atoms with Crippen molar-refractivity contribution in [2.75, 3.05) is 25.5 Å². The van der Waals surface area contributed by atoms with Crippen LogP contribution in [0.1, 0.15) is 48.9 Å². The average molecular weight is 423 g/mol. The van der Waals surface area contributed by atoms with Crippen LogP contribution in [0.15, 0.2) is 48.5 Å². The molecule has 1 saturated heterocycles. The van der Waals surface area contributed by atoms with Gasteiger partial charge in [0.2, 0.25) is 5.91 Å². The number of methoxy groups -OCH3 is 1. The van der Waals surface area contributed by atoms with E-state index in [9.17, 15) is 9.59 Å². The molecule has 0 bridgehead atoms. The van der Waals surface area contributed by atoms with Gasteiger partial charge in [0.25, 0.3) is 5.91 Å². The van der Waals surface area contributed by atoms with E-state index in [0.717, 1.165) is 25.7 Å². The molecule has 6 heteroatoms. The molecule has 0 spiro atoms. The van der Waals surface area contributed by atoms with Crippen LogP contribution >= 0.6 is 0 Å². The molecule has 2 fully saturated rings. The zero-order valence-electron chi connectivity index (χ0n) is 18.0. The first-order valence-electron chi connectivity index (χ1n) is 11.1. The molecule has 4 rings (SSSR count). The van der Waals surface area contributed by atoms with Crippen molar-refractivity contribution in [2.45, 2.75) is 44.6 Å². The second-order valence-corrected chi connectivity index (χ2v) is 8.34. The third kappa shape index (κ3) is 5.19. The quantitative estimate of drug-likeness (QED) is 0.744. The maximum atomic E-state index is 13.0. The lowest BCUT2D eigenvalue weighted by molar-refractivity contribution is -0.121. The van der Waals surface area contributed by atoms with Crippen LogP contribution in [0.4, 0.5) is 5.69 Å². The lowest BCUT2D eigenvalue weighted by Gasteiger charge is -2.32. The number of rotatable bonds is 6. The van der Waals surface area contributed by atoms with E-state index < -0.39 is 0 Å². The van der Waals surface area contributed by atoms with E-state index in [0.29, 0.717) is 35.8 Å². The van der Waals surface area contributed by atoms with Crippen LogP contribution in [0.2, 0.25) is 0 Å². The number of carbonyl (C=O) groups is 2. The van der Waals surface area contributed by atoms with E-state index in [1.165, 1.54) is 12.8 Å². The Hall–Kier alpha value is -3.02. The summed E-state index contributed by atoms with van der Waals surface area (Å²) in [4.78, 5) is 27.5. The molecular formula is C25H30N2O4. The van der Waals surface area contributed by atoms with Gasteiger partial charge >= 0.3 is 0 Å². The van der Waals surface area contributed by atoms with Crippen molar-refractivity contribution < 1.29 is 19.1 Å². The number of nitrogens with zero attached hydrogens (tertiary/aromatic N) is 1. The van der Waals surface area contributed by atoms with Crippen molar-refractivity contribution in [3.05, 3.63) is 54.1 Å². The first kappa shape index (κ1) is 21.2. The normalized spacial score (nSPS) is 19.1. The van der Waals surface area contributed by atoms with E-state index in [1.807, 2.05) is 48.5 Å². The van der Waals surface area contributed by atoms with E-state index in [4.69, 9.17) is 9.47 Å². The molecule has 164 valence electrons. The molecular weight excluding hydrogens is 392 g/mol. The predicted octanol–water partition coefficient (Wildman–Crippen LogP) is 4.51. The van der Waals surface area contributed by atoms with Crippen LogP contribution in [0.25, 0.3) is 0 Å². The molecule has 1 aliphatic heterocycles. The van der Waals surface area contributed by atoms with Crippen molar-refractivity contribution in [3.63, 3.8) is 0 Å². The fourth-order valence-corrected chi connectivity index (χ4v) is 4.42. The Kier molecular flexibility index (Phi) is 6.75. The molecule has 1 aliphatic carbocycles. The minimum Gasteiger partial charge on any atom is -0.493 e. The molecule has 2 aromatic carbocycles. The monoisotopic (exact) mass is 422 g/mol. The van der Waals surface area contributed by atoms with Gasteiger partial charge in [-0.2, -0.15) is 0 Å². The topological polar surface area (TPSA) is 67.9 Å². The van der Waals surface area contributed by atoms with Crippen molar-refractivity contribution >= 4 is 17.5 Å². The fraction of sp³-hybridized carbons (Fsp3) is 0.440. The van der Waals surface area contributed by atoms with E-state index >= 15 is 0 Å². The number of hydrogen-bond donors (Lipinski definition) is 1. The van der Waals surface area contributed by atoms with Crippen LogP contribution in [0.3, 0.4) is 0 Å². The number of hydrogen-bond acceptors (Lipinski definition) is 4. The maximum Gasteiger partial charge on any atom is 0.253 e. The minimum atomic E-state index is -0.234. The summed E-state index contributed by atoms with van der Waals surface area (Å²) < 4.78 is 11.6. The molecule has 31 heavy (non-hydrogen) atoms. The molecule has 1 saturated carbocycles. The summed E-state index contributed by atoms with van der Waals surface area (Å²) in [5.74, 6) is 1.01. The van der Waals surface area contributed by atoms with Crippen LogP contribution in [0.5, 0.6) is 11.5 Å². The van der Waals surface area contributed by atoms with Gasteiger partial charge in [0.05, 0.1) is 19.1 Å². The zero-order chi connectivity index (χ0) is 21.6. The van der Waals surface area contributed by atoms with Crippen LogP contribution < -0.4 is 14.8 Å². The summed E-state index contributed by atoms with van der Waals surface area (Å²) in [6.07, 6.45) is 6.25. The number of likely N-dealkylation sites (tertiary alicyclic amines) is 1. The maximum absolute atomic E-state index is 13.0. The van der Waals surface area contributed by atoms with E-state index in [1.54, 1.807) is 12.0 Å². The SMILES string of the molecule is COc1ccc(NC(=O)C2CCCN(C(=O)c3ccccc3)C2)cc1OC1CCCC1. The number of carbonyl (C=O) groups excluding carboxylic acids is 2. The molecule has 2 aromatic rings. The van der Waals surface area contributed by atoms with Crippen molar-refractivity contribution in [2.24, 2.45) is 5.92 Å². The highest BCUT2D eigenvalue weighted by Crippen LogP contribution is 2.34. The summed E-state index contributed by atoms with van der Waals surface area (Å²) in [6, 6.07) is 14.7. The minimum absolute atomic E-state index is 0.0187. The standard InChI is InChI=1S/C25H30N2O4/c1-30-22-14-13-20(16-23(22)31-21-11-5-6-12-21)26-24(28)19-10-7-15-27(17-19)25(29)18-8-3-2-4-9-18/h2-4,8-9,13-14,16,19,21H,5-7,10-12,15,17H2,1H3,(H,26,28). The molecule has 0 radical (unpaired) electrons. The van der Waals surface area contributed by atoms with Gasteiger partial charge in [-0.15, -0.1) is 0 Å². The van der Waals surface area contributed by atoms with Crippen LogP contribution in [-0.4, -0.2) is 43.0 Å². The third-order valence-electron chi connectivity index (χ3n) is 6.13. The Balaban J connectivity index is 1.40. The summed E-state index contributed by atoms with van der Waals surface area (Å²) in [7, 11) is 1.62. The lowest BCUT2D eigenvalue weighted by atomic mass is 9.96. The smallest absolute Gasteiger partial charge is 0.253 e. The number of amides is 2. The van der Waals surface area contributed by atoms with E-state index in [-0.39, 0.29) is 23.8 Å². The molecule has 1 atom stereocenters.